The van der Waals surface area contributed by atoms with Gasteiger partial charge in [0.2, 0.25) is 5.91 Å². The molecule has 3 aromatic carbocycles. The molecule has 7 N–H and O–H groups in total. The maximum Gasteiger partial charge on any atom is 0.490 e. The van der Waals surface area contributed by atoms with Crippen molar-refractivity contribution in [3.05, 3.63) is 95.1 Å². The number of nitrogens with zero attached hydrogens (tertiary/aromatic N) is 1. The smallest absolute Gasteiger partial charge is 0.490 e. The third kappa shape index (κ3) is 7.70. The van der Waals surface area contributed by atoms with E-state index >= 15 is 0 Å². The molecule has 0 aliphatic carbocycles. The number of hydrogen-bond donors (Lipinski definition) is 5. The number of carboxylic acids is 1. The largest absolute Gasteiger partial charge is 0.494 e. The first-order valence-electron chi connectivity index (χ1n) is 11.8. The van der Waals surface area contributed by atoms with E-state index in [4.69, 9.17) is 26.4 Å². The van der Waals surface area contributed by atoms with Crippen LogP contribution in [-0.2, 0) is 14.3 Å². The SMILES string of the molecule is COC(=O)CC(N)c1ccc(N=C(c2ccccc2)c2c(O)[nH]c3cc(C(N)=O)ccc23)cc1.O=C(O)C(F)(F)F. The van der Waals surface area contributed by atoms with Gasteiger partial charge in [0.15, 0.2) is 5.88 Å². The monoisotopic (exact) mass is 570 g/mol. The molecule has 0 aliphatic rings. The molecule has 0 saturated heterocycles. The first-order valence-corrected chi connectivity index (χ1v) is 11.8. The number of carboxylic acid groups (broad SMARTS) is 1. The van der Waals surface area contributed by atoms with Crippen LogP contribution in [0.3, 0.4) is 0 Å². The highest BCUT2D eigenvalue weighted by Crippen LogP contribution is 2.32. The number of nitrogens with two attached hydrogens (primary N) is 2. The van der Waals surface area contributed by atoms with E-state index in [1.165, 1.54) is 7.11 Å². The summed E-state index contributed by atoms with van der Waals surface area (Å²) in [5.41, 5.74) is 15.6. The summed E-state index contributed by atoms with van der Waals surface area (Å²) in [7, 11) is 1.33. The Labute approximate surface area is 231 Å². The van der Waals surface area contributed by atoms with Gasteiger partial charge in [0, 0.05) is 28.1 Å². The standard InChI is InChI=1S/C26H24N4O4.C2HF3O2/c1-34-22(31)14-20(27)15-7-10-18(11-8-15)29-24(16-5-3-2-4-6-16)23-19-12-9-17(25(28)32)13-21(19)30-26(23)33;3-2(4,5)1(6)7/h2-13,20,30,33H,14,27H2,1H3,(H2,28,32);(H,6,7). The number of aliphatic imine (C=N–C) groups is 1. The van der Waals surface area contributed by atoms with Crippen molar-refractivity contribution in [1.82, 2.24) is 4.98 Å². The van der Waals surface area contributed by atoms with Crippen LogP contribution in [0.5, 0.6) is 5.88 Å². The molecule has 1 heterocycles. The summed E-state index contributed by atoms with van der Waals surface area (Å²) < 4.78 is 36.4. The number of carbonyl (C=O) groups is 3. The Kier molecular flexibility index (Phi) is 9.47. The number of amides is 1. The number of fused-ring (bicyclic) bond motifs is 1. The van der Waals surface area contributed by atoms with E-state index < -0.39 is 24.1 Å². The second kappa shape index (κ2) is 12.8. The van der Waals surface area contributed by atoms with Gasteiger partial charge in [-0.3, -0.25) is 9.59 Å². The Balaban J connectivity index is 0.000000587. The number of halogens is 3. The predicted molar refractivity (Wildman–Crippen MR) is 144 cm³/mol. The van der Waals surface area contributed by atoms with Crippen LogP contribution in [0.15, 0.2) is 77.8 Å². The number of aromatic nitrogens is 1. The number of rotatable bonds is 7. The van der Waals surface area contributed by atoms with Crippen LogP contribution in [0.4, 0.5) is 18.9 Å². The molecule has 4 aromatic rings. The summed E-state index contributed by atoms with van der Waals surface area (Å²) in [6, 6.07) is 21.1. The molecule has 0 saturated carbocycles. The van der Waals surface area contributed by atoms with Gasteiger partial charge in [0.1, 0.15) is 0 Å². The third-order valence-electron chi connectivity index (χ3n) is 5.77. The van der Waals surface area contributed by atoms with Crippen molar-refractivity contribution >= 4 is 40.1 Å². The number of carbonyl (C=O) groups excluding carboxylic acids is 2. The molecule has 0 fully saturated rings. The summed E-state index contributed by atoms with van der Waals surface area (Å²) in [6.45, 7) is 0. The first kappa shape index (κ1) is 30.4. The number of esters is 1. The molecule has 4 rings (SSSR count). The Morgan fingerprint density at radius 2 is 1.61 bits per heavy atom. The summed E-state index contributed by atoms with van der Waals surface area (Å²) >= 11 is 0. The van der Waals surface area contributed by atoms with Gasteiger partial charge in [-0.1, -0.05) is 48.5 Å². The van der Waals surface area contributed by atoms with Crippen LogP contribution in [0.25, 0.3) is 10.9 Å². The lowest BCUT2D eigenvalue weighted by Crippen LogP contribution is -2.21. The Morgan fingerprint density at radius 3 is 2.15 bits per heavy atom. The number of ether oxygens (including phenoxy) is 1. The number of nitrogens with one attached hydrogen (secondary N) is 1. The molecule has 1 amide bonds. The van der Waals surface area contributed by atoms with E-state index in [0.29, 0.717) is 33.4 Å². The molecule has 0 bridgehead atoms. The fourth-order valence-electron chi connectivity index (χ4n) is 3.74. The van der Waals surface area contributed by atoms with Crippen molar-refractivity contribution in [3.8, 4) is 5.88 Å². The summed E-state index contributed by atoms with van der Waals surface area (Å²) in [5.74, 6) is -3.77. The molecule has 214 valence electrons. The van der Waals surface area contributed by atoms with E-state index in [1.54, 1.807) is 30.3 Å². The molecular formula is C28H25F3N4O6. The number of alkyl halides is 3. The van der Waals surface area contributed by atoms with Gasteiger partial charge in [0.25, 0.3) is 0 Å². The van der Waals surface area contributed by atoms with Gasteiger partial charge in [-0.25, -0.2) is 9.79 Å². The van der Waals surface area contributed by atoms with Crippen molar-refractivity contribution in [1.29, 1.82) is 0 Å². The van der Waals surface area contributed by atoms with E-state index in [1.807, 2.05) is 42.5 Å². The fraction of sp³-hybridized carbons (Fsp3) is 0.143. The van der Waals surface area contributed by atoms with E-state index in [-0.39, 0.29) is 18.3 Å². The Bertz CT molecular complexity index is 1580. The highest BCUT2D eigenvalue weighted by Gasteiger charge is 2.38. The maximum atomic E-state index is 11.6. The van der Waals surface area contributed by atoms with Gasteiger partial charge in [0.05, 0.1) is 30.5 Å². The minimum Gasteiger partial charge on any atom is -0.494 e. The summed E-state index contributed by atoms with van der Waals surface area (Å²) in [6.07, 6.45) is -5.01. The molecule has 13 heteroatoms. The van der Waals surface area contributed by atoms with Crippen LogP contribution in [0, 0.1) is 0 Å². The number of primary amides is 1. The van der Waals surface area contributed by atoms with Gasteiger partial charge >= 0.3 is 18.1 Å². The van der Waals surface area contributed by atoms with Crippen molar-refractivity contribution in [2.45, 2.75) is 18.6 Å². The zero-order valence-corrected chi connectivity index (χ0v) is 21.5. The number of aromatic hydroxyl groups is 1. The topological polar surface area (TPSA) is 181 Å². The average molecular weight is 571 g/mol. The predicted octanol–water partition coefficient (Wildman–Crippen LogP) is 4.34. The van der Waals surface area contributed by atoms with Gasteiger partial charge in [-0.15, -0.1) is 0 Å². The number of hydrogen-bond acceptors (Lipinski definition) is 7. The molecule has 1 unspecified atom stereocenters. The molecule has 1 aromatic heterocycles. The zero-order valence-electron chi connectivity index (χ0n) is 21.5. The van der Waals surface area contributed by atoms with Crippen LogP contribution in [0.2, 0.25) is 0 Å². The molecule has 10 nitrogen and oxygen atoms in total. The van der Waals surface area contributed by atoms with E-state index in [9.17, 15) is 27.9 Å². The molecule has 41 heavy (non-hydrogen) atoms. The summed E-state index contributed by atoms with van der Waals surface area (Å²) in [5, 5.41) is 18.6. The zero-order chi connectivity index (χ0) is 30.3. The fourth-order valence-corrected chi connectivity index (χ4v) is 3.74. The molecule has 0 spiro atoms. The lowest BCUT2D eigenvalue weighted by molar-refractivity contribution is -0.192. The highest BCUT2D eigenvalue weighted by molar-refractivity contribution is 6.22. The molecular weight excluding hydrogens is 545 g/mol. The van der Waals surface area contributed by atoms with Crippen LogP contribution in [-0.4, -0.2) is 52.0 Å². The van der Waals surface area contributed by atoms with Crippen LogP contribution in [0.1, 0.15) is 39.5 Å². The van der Waals surface area contributed by atoms with Crippen LogP contribution >= 0.6 is 0 Å². The Hall–Kier alpha value is -5.17. The van der Waals surface area contributed by atoms with Gasteiger partial charge < -0.3 is 31.4 Å². The molecule has 0 aliphatic heterocycles. The second-order valence-corrected chi connectivity index (χ2v) is 8.58. The second-order valence-electron chi connectivity index (χ2n) is 8.58. The number of benzene rings is 3. The lowest BCUT2D eigenvalue weighted by atomic mass is 9.99. The highest BCUT2D eigenvalue weighted by atomic mass is 19.4. The minimum absolute atomic E-state index is 0.0732. The van der Waals surface area contributed by atoms with Crippen molar-refractivity contribution in [2.24, 2.45) is 16.5 Å². The normalized spacial score (nSPS) is 12.3. The van der Waals surface area contributed by atoms with Gasteiger partial charge in [-0.2, -0.15) is 13.2 Å². The number of aliphatic carboxylic acids is 1. The Morgan fingerprint density at radius 1 is 1.00 bits per heavy atom. The van der Waals surface area contributed by atoms with Crippen molar-refractivity contribution < 1.29 is 42.5 Å². The van der Waals surface area contributed by atoms with Crippen LogP contribution < -0.4 is 11.5 Å². The molecule has 0 radical (unpaired) electrons. The van der Waals surface area contributed by atoms with E-state index in [2.05, 4.69) is 9.72 Å². The number of aromatic amines is 1. The quantitative estimate of drug-likeness (QED) is 0.162. The maximum absolute atomic E-state index is 11.6. The average Bonchev–Trinajstić information content (AvgIpc) is 3.26. The third-order valence-corrected chi connectivity index (χ3v) is 5.77. The lowest BCUT2D eigenvalue weighted by Gasteiger charge is -2.11. The first-order chi connectivity index (χ1) is 19.3. The van der Waals surface area contributed by atoms with Crippen molar-refractivity contribution in [3.63, 3.8) is 0 Å². The molecule has 1 atom stereocenters. The number of H-pyrrole nitrogens is 1. The van der Waals surface area contributed by atoms with E-state index in [0.717, 1.165) is 11.1 Å². The minimum atomic E-state index is -5.08. The van der Waals surface area contributed by atoms with Gasteiger partial charge in [-0.05, 0) is 29.8 Å². The number of methoxy groups -OCH3 is 1. The van der Waals surface area contributed by atoms with Crippen molar-refractivity contribution in [2.75, 3.05) is 7.11 Å². The summed E-state index contributed by atoms with van der Waals surface area (Å²) in [4.78, 5) is 39.7.